The number of amides is 5. The van der Waals surface area contributed by atoms with Crippen molar-refractivity contribution in [1.82, 2.24) is 59.3 Å². The van der Waals surface area contributed by atoms with E-state index in [2.05, 4.69) is 57.3 Å². The number of piperazine rings is 1. The van der Waals surface area contributed by atoms with Crippen molar-refractivity contribution in [3.63, 3.8) is 0 Å². The number of nitrogen functional groups attached to an aromatic ring is 1. The summed E-state index contributed by atoms with van der Waals surface area (Å²) in [6.45, 7) is 7.13. The molecule has 1 unspecified atom stereocenters. The predicted octanol–water partition coefficient (Wildman–Crippen LogP) is 4.90. The van der Waals surface area contributed by atoms with E-state index in [-0.39, 0.29) is 53.2 Å². The molecule has 0 saturated carbocycles. The smallest absolute Gasteiger partial charge is 0.264 e. The van der Waals surface area contributed by atoms with E-state index in [0.717, 1.165) is 28.9 Å². The SMILES string of the molecule is Cc1nc2ccc(-c3ccnc(N)c3)nc2n1-c1cc(F)c(N2CCN(CC#Cc3cnc(N4CCC(C(=O)N5CCC(n6cc(CNc7cccc8c7C(=O)N(C7CCC(=O)NC7=O)C8=O)cn6)CC5)CC4)nc3)CC2)c(F)c1. The number of carbonyl (C=O) groups excluding carboxylic acids is 5. The molecule has 4 N–H and O–H groups in total. The number of aromatic nitrogens is 8. The average molecular weight is 1080 g/mol. The number of hydrogen-bond donors (Lipinski definition) is 3. The number of likely N-dealkylation sites (tertiary alicyclic amines) is 1. The van der Waals surface area contributed by atoms with Crippen LogP contribution in [0.5, 0.6) is 0 Å². The highest BCUT2D eigenvalue weighted by atomic mass is 19.1. The van der Waals surface area contributed by atoms with Crippen LogP contribution < -0.4 is 26.2 Å². The summed E-state index contributed by atoms with van der Waals surface area (Å²) in [6, 6.07) is 13.9. The fraction of sp³-hybridized carbons (Fsp3) is 0.351. The highest BCUT2D eigenvalue weighted by Gasteiger charge is 2.46. The second-order valence-corrected chi connectivity index (χ2v) is 20.8. The molecule has 10 heterocycles. The maximum absolute atomic E-state index is 15.9. The van der Waals surface area contributed by atoms with Gasteiger partial charge in [0.1, 0.15) is 28.9 Å². The summed E-state index contributed by atoms with van der Waals surface area (Å²) in [4.78, 5) is 96.3. The van der Waals surface area contributed by atoms with Crippen LogP contribution in [0.25, 0.3) is 28.1 Å². The van der Waals surface area contributed by atoms with E-state index >= 15 is 8.78 Å². The molecule has 0 bridgehead atoms. The second-order valence-electron chi connectivity index (χ2n) is 20.8. The van der Waals surface area contributed by atoms with Gasteiger partial charge in [-0.05, 0) is 75.4 Å². The molecule has 2 aromatic carbocycles. The lowest BCUT2D eigenvalue weighted by atomic mass is 9.94. The third kappa shape index (κ3) is 10.1. The first kappa shape index (κ1) is 51.6. The molecule has 7 aromatic rings. The molecule has 21 nitrogen and oxygen atoms in total. The number of rotatable bonds is 11. The Hall–Kier alpha value is -9.17. The zero-order valence-electron chi connectivity index (χ0n) is 43.8. The summed E-state index contributed by atoms with van der Waals surface area (Å²) in [5.41, 5.74) is 11.0. The molecule has 12 rings (SSSR count). The van der Waals surface area contributed by atoms with Crippen LogP contribution in [0.4, 0.5) is 31.9 Å². The molecule has 4 saturated heterocycles. The number of piperidine rings is 3. The molecule has 5 aliphatic rings. The number of nitrogens with one attached hydrogen (secondary N) is 2. The quantitative estimate of drug-likeness (QED) is 0.115. The summed E-state index contributed by atoms with van der Waals surface area (Å²) in [5, 5.41) is 10.1. The number of imidazole rings is 1. The van der Waals surface area contributed by atoms with Crippen LogP contribution in [0.15, 0.2) is 85.6 Å². The van der Waals surface area contributed by atoms with Crippen LogP contribution >= 0.6 is 0 Å². The lowest BCUT2D eigenvalue weighted by Crippen LogP contribution is -2.54. The van der Waals surface area contributed by atoms with Crippen LogP contribution in [-0.4, -0.2) is 148 Å². The molecule has 1 atom stereocenters. The van der Waals surface area contributed by atoms with E-state index in [4.69, 9.17) is 10.7 Å². The maximum Gasteiger partial charge on any atom is 0.264 e. The Morgan fingerprint density at radius 3 is 2.33 bits per heavy atom. The molecule has 0 aliphatic carbocycles. The minimum Gasteiger partial charge on any atom is -0.384 e. The molecule has 0 radical (unpaired) electrons. The average Bonchev–Trinajstić information content (AvgIpc) is 4.22. The molecule has 5 amide bonds. The molecular formula is C57H56F2N16O5. The van der Waals surface area contributed by atoms with Gasteiger partial charge in [-0.2, -0.15) is 5.10 Å². The molecule has 5 aliphatic heterocycles. The van der Waals surface area contributed by atoms with Crippen LogP contribution in [0.1, 0.15) is 82.2 Å². The number of carbonyl (C=O) groups is 5. The minimum atomic E-state index is -1.04. The fourth-order valence-corrected chi connectivity index (χ4v) is 11.5. The van der Waals surface area contributed by atoms with Gasteiger partial charge < -0.3 is 25.8 Å². The Morgan fingerprint density at radius 1 is 0.825 bits per heavy atom. The van der Waals surface area contributed by atoms with Gasteiger partial charge in [-0.1, -0.05) is 17.9 Å². The Labute approximate surface area is 458 Å². The number of nitrogens with two attached hydrogens (primary N) is 1. The van der Waals surface area contributed by atoms with Gasteiger partial charge in [0.2, 0.25) is 23.7 Å². The molecule has 4 fully saturated rings. The Bertz CT molecular complexity index is 3640. The van der Waals surface area contributed by atoms with Gasteiger partial charge in [0.05, 0.1) is 46.9 Å². The van der Waals surface area contributed by atoms with Crippen LogP contribution in [-0.2, 0) is 20.9 Å². The lowest BCUT2D eigenvalue weighted by molar-refractivity contribution is -0.138. The van der Waals surface area contributed by atoms with Crippen LogP contribution in [0.2, 0.25) is 0 Å². The largest absolute Gasteiger partial charge is 0.384 e. The van der Waals surface area contributed by atoms with E-state index in [9.17, 15) is 24.0 Å². The summed E-state index contributed by atoms with van der Waals surface area (Å²) in [5.74, 6) is 4.39. The monoisotopic (exact) mass is 1080 g/mol. The third-order valence-corrected chi connectivity index (χ3v) is 15.8. The number of aryl methyl sites for hydroxylation is 1. The number of halogens is 2. The van der Waals surface area contributed by atoms with Crippen molar-refractivity contribution in [3.8, 4) is 28.8 Å². The molecule has 23 heteroatoms. The zero-order valence-corrected chi connectivity index (χ0v) is 43.8. The van der Waals surface area contributed by atoms with E-state index < -0.39 is 41.3 Å². The third-order valence-electron chi connectivity index (χ3n) is 15.8. The number of benzene rings is 2. The van der Waals surface area contributed by atoms with Gasteiger partial charge >= 0.3 is 0 Å². The van der Waals surface area contributed by atoms with Gasteiger partial charge in [0, 0.05) is 125 Å². The molecule has 5 aromatic heterocycles. The summed E-state index contributed by atoms with van der Waals surface area (Å²) in [7, 11) is 0. The van der Waals surface area contributed by atoms with E-state index in [0.29, 0.717) is 124 Å². The summed E-state index contributed by atoms with van der Waals surface area (Å²) < 4.78 is 35.4. The molecule has 408 valence electrons. The fourth-order valence-electron chi connectivity index (χ4n) is 11.5. The highest BCUT2D eigenvalue weighted by molar-refractivity contribution is 6.25. The van der Waals surface area contributed by atoms with Gasteiger partial charge in [0.15, 0.2) is 17.3 Å². The first-order chi connectivity index (χ1) is 38.8. The topological polar surface area (TPSA) is 239 Å². The second kappa shape index (κ2) is 21.6. The standard InChI is InChI=1S/C57H56F2N16O5/c1-34-66-46-8-7-44(38-11-16-61-48(60)26-38)67-52(46)74(34)40-27-42(58)51(43(59)28-40)70-24-22-69(23-25-70)17-3-4-35-29-63-57(64-30-35)72-18-12-37(13-19-72)54(78)71-20-14-39(15-21-71)73-33-36(32-65-73)31-62-45-6-2-5-41-50(45)56(80)75(55(41)79)47-9-10-49(76)68-53(47)77/h2,5-8,11,16,26-30,32-33,37,39,47,62H,9-10,12-15,17-25,31H2,1H3,(H2,60,61)(H,68,76,77). The summed E-state index contributed by atoms with van der Waals surface area (Å²) in [6.07, 6.45) is 11.8. The van der Waals surface area contributed by atoms with E-state index in [1.54, 1.807) is 71.5 Å². The van der Waals surface area contributed by atoms with Crippen molar-refractivity contribution in [2.45, 2.75) is 64.1 Å². The van der Waals surface area contributed by atoms with Crippen molar-refractivity contribution >= 4 is 63.8 Å². The molecular weight excluding hydrogens is 1030 g/mol. The maximum atomic E-state index is 15.9. The number of pyridine rings is 2. The molecule has 80 heavy (non-hydrogen) atoms. The Kier molecular flexibility index (Phi) is 13.9. The highest BCUT2D eigenvalue weighted by Crippen LogP contribution is 2.35. The van der Waals surface area contributed by atoms with Crippen LogP contribution in [0.3, 0.4) is 0 Å². The minimum absolute atomic E-state index is 0.0462. The molecule has 0 spiro atoms. The van der Waals surface area contributed by atoms with Gasteiger partial charge in [-0.15, -0.1) is 0 Å². The zero-order chi connectivity index (χ0) is 55.2. The first-order valence-electron chi connectivity index (χ1n) is 26.8. The van der Waals surface area contributed by atoms with Crippen molar-refractivity contribution in [2.75, 3.05) is 79.8 Å². The number of fused-ring (bicyclic) bond motifs is 2. The van der Waals surface area contributed by atoms with Gasteiger partial charge in [0.25, 0.3) is 11.8 Å². The van der Waals surface area contributed by atoms with E-state index in [1.807, 2.05) is 27.9 Å². The predicted molar refractivity (Wildman–Crippen MR) is 291 cm³/mol. The van der Waals surface area contributed by atoms with Crippen molar-refractivity contribution in [2.24, 2.45) is 5.92 Å². The number of anilines is 4. The number of imide groups is 2. The lowest BCUT2D eigenvalue weighted by Gasteiger charge is -2.37. The number of hydrogen-bond acceptors (Lipinski definition) is 16. The van der Waals surface area contributed by atoms with Gasteiger partial charge in [-0.25, -0.2) is 33.7 Å². The normalized spacial score (nSPS) is 18.4. The first-order valence-corrected chi connectivity index (χ1v) is 26.8. The number of nitrogens with zero attached hydrogens (tertiary/aromatic N) is 13. The summed E-state index contributed by atoms with van der Waals surface area (Å²) >= 11 is 0. The van der Waals surface area contributed by atoms with Crippen molar-refractivity contribution in [1.29, 1.82) is 0 Å². The van der Waals surface area contributed by atoms with Crippen LogP contribution in [0, 0.1) is 36.3 Å². The Morgan fingerprint density at radius 2 is 1.59 bits per heavy atom. The van der Waals surface area contributed by atoms with Crippen molar-refractivity contribution in [3.05, 3.63) is 125 Å². The van der Waals surface area contributed by atoms with E-state index in [1.165, 1.54) is 12.1 Å². The van der Waals surface area contributed by atoms with Crippen molar-refractivity contribution < 1.29 is 32.8 Å². The van der Waals surface area contributed by atoms with Gasteiger partial charge in [-0.3, -0.25) is 48.3 Å². The Balaban J connectivity index is 0.577.